The summed E-state index contributed by atoms with van der Waals surface area (Å²) in [7, 11) is 0. The molecule has 106 valence electrons. The second-order valence-corrected chi connectivity index (χ2v) is 6.63. The van der Waals surface area contributed by atoms with Gasteiger partial charge in [-0.3, -0.25) is 4.79 Å². The Labute approximate surface area is 123 Å². The quantitative estimate of drug-likeness (QED) is 0.871. The van der Waals surface area contributed by atoms with Crippen LogP contribution in [0, 0.1) is 5.92 Å². The van der Waals surface area contributed by atoms with Crippen LogP contribution in [-0.4, -0.2) is 23.9 Å². The van der Waals surface area contributed by atoms with Crippen LogP contribution in [0.25, 0.3) is 10.1 Å². The third kappa shape index (κ3) is 2.52. The van der Waals surface area contributed by atoms with Crippen molar-refractivity contribution in [1.82, 2.24) is 4.90 Å². The van der Waals surface area contributed by atoms with E-state index < -0.39 is 0 Å². The van der Waals surface area contributed by atoms with Crippen molar-refractivity contribution in [2.24, 2.45) is 5.92 Å². The first kappa shape index (κ1) is 13.4. The Hall–Kier alpha value is -1.55. The highest BCUT2D eigenvalue weighted by molar-refractivity contribution is 7.20. The summed E-state index contributed by atoms with van der Waals surface area (Å²) in [4.78, 5) is 15.4. The lowest BCUT2D eigenvalue weighted by atomic mass is 9.85. The summed E-state index contributed by atoms with van der Waals surface area (Å²) >= 11 is 1.56. The molecule has 1 saturated carbocycles. The van der Waals surface area contributed by atoms with E-state index in [1.54, 1.807) is 11.3 Å². The lowest BCUT2D eigenvalue weighted by molar-refractivity contribution is 0.0711. The second kappa shape index (κ2) is 5.44. The van der Waals surface area contributed by atoms with Crippen LogP contribution in [0.1, 0.15) is 35.9 Å². The SMILES string of the molecule is CCN(CC1CCC1)C(=O)c1cc2cc(N)ccc2s1. The molecule has 1 aromatic carbocycles. The van der Waals surface area contributed by atoms with E-state index in [1.807, 2.05) is 29.2 Å². The maximum absolute atomic E-state index is 12.6. The Balaban J connectivity index is 1.82. The molecule has 2 N–H and O–H groups in total. The van der Waals surface area contributed by atoms with Crippen LogP contribution in [0.2, 0.25) is 0 Å². The normalized spacial score (nSPS) is 15.2. The van der Waals surface area contributed by atoms with Crippen molar-refractivity contribution in [1.29, 1.82) is 0 Å². The second-order valence-electron chi connectivity index (χ2n) is 5.55. The van der Waals surface area contributed by atoms with E-state index in [0.29, 0.717) is 5.92 Å². The van der Waals surface area contributed by atoms with E-state index in [4.69, 9.17) is 5.73 Å². The fourth-order valence-corrected chi connectivity index (χ4v) is 3.68. The van der Waals surface area contributed by atoms with Gasteiger partial charge in [0, 0.05) is 23.5 Å². The molecular formula is C16H20N2OS. The molecule has 0 bridgehead atoms. The fourth-order valence-electron chi connectivity index (χ4n) is 2.67. The highest BCUT2D eigenvalue weighted by Crippen LogP contribution is 2.30. The Morgan fingerprint density at radius 3 is 2.85 bits per heavy atom. The van der Waals surface area contributed by atoms with E-state index in [1.165, 1.54) is 19.3 Å². The van der Waals surface area contributed by atoms with Crippen molar-refractivity contribution in [2.45, 2.75) is 26.2 Å². The predicted octanol–water partition coefficient (Wildman–Crippen LogP) is 3.75. The molecule has 1 aliphatic carbocycles. The summed E-state index contributed by atoms with van der Waals surface area (Å²) < 4.78 is 1.13. The zero-order valence-electron chi connectivity index (χ0n) is 11.8. The molecule has 3 nitrogen and oxygen atoms in total. The molecule has 0 saturated heterocycles. The zero-order chi connectivity index (χ0) is 14.1. The average molecular weight is 288 g/mol. The summed E-state index contributed by atoms with van der Waals surface area (Å²) in [6.45, 7) is 3.75. The lowest BCUT2D eigenvalue weighted by Gasteiger charge is -2.31. The molecule has 1 aliphatic rings. The van der Waals surface area contributed by atoms with Gasteiger partial charge in [-0.15, -0.1) is 11.3 Å². The number of carbonyl (C=O) groups is 1. The van der Waals surface area contributed by atoms with Gasteiger partial charge < -0.3 is 10.6 Å². The zero-order valence-corrected chi connectivity index (χ0v) is 12.6. The number of nitrogen functional groups attached to an aromatic ring is 1. The number of fused-ring (bicyclic) bond motifs is 1. The summed E-state index contributed by atoms with van der Waals surface area (Å²) in [6.07, 6.45) is 3.86. The first-order valence-electron chi connectivity index (χ1n) is 7.25. The molecule has 1 heterocycles. The third-order valence-corrected chi connectivity index (χ3v) is 5.23. The van der Waals surface area contributed by atoms with Crippen molar-refractivity contribution in [3.63, 3.8) is 0 Å². The minimum absolute atomic E-state index is 0.166. The van der Waals surface area contributed by atoms with Gasteiger partial charge in [-0.1, -0.05) is 6.42 Å². The molecule has 0 spiro atoms. The lowest BCUT2D eigenvalue weighted by Crippen LogP contribution is -2.36. The number of hydrogen-bond donors (Lipinski definition) is 1. The topological polar surface area (TPSA) is 46.3 Å². The number of rotatable bonds is 4. The molecule has 0 atom stereocenters. The number of benzene rings is 1. The Bertz CT molecular complexity index is 630. The molecule has 1 aromatic heterocycles. The van der Waals surface area contributed by atoms with Gasteiger partial charge in [-0.25, -0.2) is 0 Å². The van der Waals surface area contributed by atoms with Gasteiger partial charge in [-0.2, -0.15) is 0 Å². The van der Waals surface area contributed by atoms with Crippen LogP contribution in [0.3, 0.4) is 0 Å². The minimum atomic E-state index is 0.166. The van der Waals surface area contributed by atoms with Gasteiger partial charge in [0.2, 0.25) is 0 Å². The van der Waals surface area contributed by atoms with E-state index in [-0.39, 0.29) is 5.91 Å². The van der Waals surface area contributed by atoms with Crippen molar-refractivity contribution in [2.75, 3.05) is 18.8 Å². The van der Waals surface area contributed by atoms with Crippen LogP contribution >= 0.6 is 11.3 Å². The average Bonchev–Trinajstić information content (AvgIpc) is 2.80. The standard InChI is InChI=1S/C16H20N2OS/c1-2-18(10-11-4-3-5-11)16(19)15-9-12-8-13(17)6-7-14(12)20-15/h6-9,11H,2-5,10,17H2,1H3. The summed E-state index contributed by atoms with van der Waals surface area (Å²) in [5.41, 5.74) is 6.54. The molecule has 20 heavy (non-hydrogen) atoms. The van der Waals surface area contributed by atoms with Crippen molar-refractivity contribution in [3.05, 3.63) is 29.1 Å². The third-order valence-electron chi connectivity index (χ3n) is 4.12. The molecule has 1 amide bonds. The van der Waals surface area contributed by atoms with Crippen molar-refractivity contribution >= 4 is 33.0 Å². The van der Waals surface area contributed by atoms with Crippen molar-refractivity contribution < 1.29 is 4.79 Å². The number of amides is 1. The molecular weight excluding hydrogens is 268 g/mol. The number of thiophene rings is 1. The van der Waals surface area contributed by atoms with Crippen LogP contribution in [-0.2, 0) is 0 Å². The molecule has 1 fully saturated rings. The highest BCUT2D eigenvalue weighted by Gasteiger charge is 2.24. The Kier molecular flexibility index (Phi) is 3.66. The van der Waals surface area contributed by atoms with Crippen LogP contribution < -0.4 is 5.73 Å². The number of nitrogens with zero attached hydrogens (tertiary/aromatic N) is 1. The van der Waals surface area contributed by atoms with Gasteiger partial charge in [0.15, 0.2) is 0 Å². The Morgan fingerprint density at radius 2 is 2.20 bits per heavy atom. The largest absolute Gasteiger partial charge is 0.399 e. The van der Waals surface area contributed by atoms with Gasteiger partial charge in [-0.05, 0) is 55.3 Å². The molecule has 3 rings (SSSR count). The van der Waals surface area contributed by atoms with Crippen LogP contribution in [0.5, 0.6) is 0 Å². The summed E-state index contributed by atoms with van der Waals surface area (Å²) in [5, 5.41) is 1.07. The van der Waals surface area contributed by atoms with E-state index >= 15 is 0 Å². The maximum Gasteiger partial charge on any atom is 0.263 e. The summed E-state index contributed by atoms with van der Waals surface area (Å²) in [6, 6.07) is 7.79. The summed E-state index contributed by atoms with van der Waals surface area (Å²) in [5.74, 6) is 0.878. The molecule has 0 unspecified atom stereocenters. The number of hydrogen-bond acceptors (Lipinski definition) is 3. The molecule has 0 radical (unpaired) electrons. The molecule has 2 aromatic rings. The first-order valence-corrected chi connectivity index (χ1v) is 8.07. The van der Waals surface area contributed by atoms with Gasteiger partial charge in [0.1, 0.15) is 0 Å². The number of nitrogens with two attached hydrogens (primary N) is 1. The van der Waals surface area contributed by atoms with Gasteiger partial charge in [0.05, 0.1) is 4.88 Å². The van der Waals surface area contributed by atoms with Gasteiger partial charge >= 0.3 is 0 Å². The fraction of sp³-hybridized carbons (Fsp3) is 0.438. The Morgan fingerprint density at radius 1 is 1.40 bits per heavy atom. The number of carbonyl (C=O) groups excluding carboxylic acids is 1. The highest BCUT2D eigenvalue weighted by atomic mass is 32.1. The predicted molar refractivity (Wildman–Crippen MR) is 85.2 cm³/mol. The van der Waals surface area contributed by atoms with Crippen LogP contribution in [0.4, 0.5) is 5.69 Å². The molecule has 0 aliphatic heterocycles. The van der Waals surface area contributed by atoms with Gasteiger partial charge in [0.25, 0.3) is 5.91 Å². The van der Waals surface area contributed by atoms with Crippen LogP contribution in [0.15, 0.2) is 24.3 Å². The first-order chi connectivity index (χ1) is 9.67. The van der Waals surface area contributed by atoms with E-state index in [0.717, 1.165) is 33.7 Å². The smallest absolute Gasteiger partial charge is 0.263 e. The molecule has 4 heteroatoms. The van der Waals surface area contributed by atoms with Crippen molar-refractivity contribution in [3.8, 4) is 0 Å². The minimum Gasteiger partial charge on any atom is -0.399 e. The number of anilines is 1. The van der Waals surface area contributed by atoms with E-state index in [2.05, 4.69) is 6.92 Å². The maximum atomic E-state index is 12.6. The monoisotopic (exact) mass is 288 g/mol. The van der Waals surface area contributed by atoms with E-state index in [9.17, 15) is 4.79 Å².